The second-order valence-corrected chi connectivity index (χ2v) is 2.42. The van der Waals surface area contributed by atoms with Gasteiger partial charge >= 0.3 is 0 Å². The topological polar surface area (TPSA) is 103 Å². The van der Waals surface area contributed by atoms with Crippen molar-refractivity contribution in [1.82, 2.24) is 4.98 Å². The van der Waals surface area contributed by atoms with Gasteiger partial charge in [0.25, 0.3) is 0 Å². The van der Waals surface area contributed by atoms with Crippen molar-refractivity contribution in [3.8, 4) is 0 Å². The first-order chi connectivity index (χ1) is 5.74. The molecular weight excluding hydrogens is 154 g/mol. The maximum absolute atomic E-state index is 5.62. The summed E-state index contributed by atoms with van der Waals surface area (Å²) in [5.41, 5.74) is 17.5. The maximum atomic E-state index is 5.62. The first-order valence-electron chi connectivity index (χ1n) is 3.69. The van der Waals surface area contributed by atoms with Gasteiger partial charge in [-0.05, 0) is 6.07 Å². The zero-order valence-electron chi connectivity index (χ0n) is 6.75. The Morgan fingerprint density at radius 3 is 2.75 bits per heavy atom. The SMILES string of the molecule is NCCNc1ncc(N)cc1N. The van der Waals surface area contributed by atoms with E-state index in [9.17, 15) is 0 Å². The van der Waals surface area contributed by atoms with Gasteiger partial charge in [0.15, 0.2) is 0 Å². The molecule has 5 nitrogen and oxygen atoms in total. The fraction of sp³-hybridized carbons (Fsp3) is 0.286. The molecule has 0 aliphatic carbocycles. The molecular formula is C7H13N5. The third kappa shape index (κ3) is 2.00. The van der Waals surface area contributed by atoms with Gasteiger partial charge in [0.2, 0.25) is 0 Å². The minimum Gasteiger partial charge on any atom is -0.397 e. The lowest BCUT2D eigenvalue weighted by atomic mass is 10.3. The number of nitrogens with one attached hydrogen (secondary N) is 1. The molecule has 1 heterocycles. The van der Waals surface area contributed by atoms with Crippen LogP contribution in [0.15, 0.2) is 12.3 Å². The Hall–Kier alpha value is -1.49. The number of nitrogen functional groups attached to an aromatic ring is 2. The van der Waals surface area contributed by atoms with Crippen molar-refractivity contribution in [1.29, 1.82) is 0 Å². The molecule has 66 valence electrons. The standard InChI is InChI=1S/C7H13N5/c8-1-2-11-7-6(10)3-5(9)4-12-7/h3-4H,1-2,8-10H2,(H,11,12). The van der Waals surface area contributed by atoms with Crippen LogP contribution < -0.4 is 22.5 Å². The smallest absolute Gasteiger partial charge is 0.149 e. The molecule has 7 N–H and O–H groups in total. The Balaban J connectivity index is 2.72. The third-order valence-corrected chi connectivity index (χ3v) is 1.38. The van der Waals surface area contributed by atoms with Gasteiger partial charge in [-0.2, -0.15) is 0 Å². The number of nitrogens with two attached hydrogens (primary N) is 3. The Morgan fingerprint density at radius 2 is 2.17 bits per heavy atom. The zero-order valence-corrected chi connectivity index (χ0v) is 6.75. The minimum atomic E-state index is 0.545. The summed E-state index contributed by atoms with van der Waals surface area (Å²) in [6.07, 6.45) is 1.55. The summed E-state index contributed by atoms with van der Waals surface area (Å²) >= 11 is 0. The van der Waals surface area contributed by atoms with E-state index in [1.54, 1.807) is 12.3 Å². The highest BCUT2D eigenvalue weighted by Crippen LogP contribution is 2.16. The first-order valence-corrected chi connectivity index (χ1v) is 3.69. The molecule has 0 saturated heterocycles. The van der Waals surface area contributed by atoms with Crippen LogP contribution in [0.1, 0.15) is 0 Å². The largest absolute Gasteiger partial charge is 0.397 e. The number of hydrogen-bond acceptors (Lipinski definition) is 5. The van der Waals surface area contributed by atoms with E-state index in [0.717, 1.165) is 0 Å². The highest BCUT2D eigenvalue weighted by atomic mass is 15.0. The van der Waals surface area contributed by atoms with Gasteiger partial charge in [-0.1, -0.05) is 0 Å². The van der Waals surface area contributed by atoms with E-state index in [4.69, 9.17) is 17.2 Å². The van der Waals surface area contributed by atoms with Crippen molar-refractivity contribution in [3.05, 3.63) is 12.3 Å². The van der Waals surface area contributed by atoms with E-state index in [1.807, 2.05) is 0 Å². The molecule has 1 aromatic heterocycles. The molecule has 0 spiro atoms. The summed E-state index contributed by atoms with van der Waals surface area (Å²) in [5.74, 6) is 0.634. The quantitative estimate of drug-likeness (QED) is 0.491. The highest BCUT2D eigenvalue weighted by Gasteiger charge is 1.98. The summed E-state index contributed by atoms with van der Waals surface area (Å²) in [5, 5.41) is 2.97. The summed E-state index contributed by atoms with van der Waals surface area (Å²) in [4.78, 5) is 4.00. The fourth-order valence-electron chi connectivity index (χ4n) is 0.837. The number of rotatable bonds is 3. The highest BCUT2D eigenvalue weighted by molar-refractivity contribution is 5.65. The predicted molar refractivity (Wildman–Crippen MR) is 50.6 cm³/mol. The lowest BCUT2D eigenvalue weighted by Crippen LogP contribution is -2.15. The average molecular weight is 167 g/mol. The van der Waals surface area contributed by atoms with Crippen LogP contribution in [0, 0.1) is 0 Å². The average Bonchev–Trinajstić information content (AvgIpc) is 2.03. The second kappa shape index (κ2) is 3.77. The number of pyridine rings is 1. The molecule has 0 aromatic carbocycles. The molecule has 0 radical (unpaired) electrons. The maximum Gasteiger partial charge on any atom is 0.149 e. The molecule has 5 heteroatoms. The van der Waals surface area contributed by atoms with Crippen molar-refractivity contribution in [2.45, 2.75) is 0 Å². The Kier molecular flexibility index (Phi) is 2.71. The molecule has 0 unspecified atom stereocenters. The molecule has 0 amide bonds. The summed E-state index contributed by atoms with van der Waals surface area (Å²) in [6, 6.07) is 1.66. The van der Waals surface area contributed by atoms with E-state index >= 15 is 0 Å². The van der Waals surface area contributed by atoms with Crippen molar-refractivity contribution >= 4 is 17.2 Å². The van der Waals surface area contributed by atoms with Gasteiger partial charge in [0.1, 0.15) is 5.82 Å². The van der Waals surface area contributed by atoms with E-state index in [0.29, 0.717) is 30.3 Å². The van der Waals surface area contributed by atoms with E-state index in [2.05, 4.69) is 10.3 Å². The lowest BCUT2D eigenvalue weighted by molar-refractivity contribution is 1.01. The lowest BCUT2D eigenvalue weighted by Gasteiger charge is -2.06. The summed E-state index contributed by atoms with van der Waals surface area (Å²) in [6.45, 7) is 1.20. The molecule has 0 fully saturated rings. The monoisotopic (exact) mass is 167 g/mol. The van der Waals surface area contributed by atoms with Gasteiger partial charge in [-0.25, -0.2) is 4.98 Å². The molecule has 1 rings (SSSR count). The number of hydrogen-bond donors (Lipinski definition) is 4. The Labute approximate surface area is 71.0 Å². The van der Waals surface area contributed by atoms with E-state index in [-0.39, 0.29) is 0 Å². The van der Waals surface area contributed by atoms with Crippen LogP contribution >= 0.6 is 0 Å². The number of anilines is 3. The van der Waals surface area contributed by atoms with E-state index in [1.165, 1.54) is 0 Å². The van der Waals surface area contributed by atoms with Crippen LogP contribution in [0.25, 0.3) is 0 Å². The van der Waals surface area contributed by atoms with Crippen LogP contribution in [0.3, 0.4) is 0 Å². The van der Waals surface area contributed by atoms with Crippen LogP contribution in [0.5, 0.6) is 0 Å². The summed E-state index contributed by atoms with van der Waals surface area (Å²) < 4.78 is 0. The van der Waals surface area contributed by atoms with Crippen molar-refractivity contribution in [2.24, 2.45) is 5.73 Å². The van der Waals surface area contributed by atoms with Gasteiger partial charge in [0.05, 0.1) is 17.6 Å². The molecule has 12 heavy (non-hydrogen) atoms. The molecule has 0 aliphatic heterocycles. The first kappa shape index (κ1) is 8.61. The Bertz CT molecular complexity index is 260. The van der Waals surface area contributed by atoms with Crippen LogP contribution in [-0.2, 0) is 0 Å². The van der Waals surface area contributed by atoms with Crippen molar-refractivity contribution in [2.75, 3.05) is 29.9 Å². The molecule has 0 atom stereocenters. The Morgan fingerprint density at radius 1 is 1.42 bits per heavy atom. The van der Waals surface area contributed by atoms with Gasteiger partial charge in [0, 0.05) is 13.1 Å². The van der Waals surface area contributed by atoms with Crippen LogP contribution in [0.2, 0.25) is 0 Å². The van der Waals surface area contributed by atoms with E-state index < -0.39 is 0 Å². The number of nitrogens with zero attached hydrogens (tertiary/aromatic N) is 1. The molecule has 0 aliphatic rings. The normalized spacial score (nSPS) is 9.75. The van der Waals surface area contributed by atoms with Crippen molar-refractivity contribution < 1.29 is 0 Å². The van der Waals surface area contributed by atoms with Gasteiger partial charge < -0.3 is 22.5 Å². The second-order valence-electron chi connectivity index (χ2n) is 2.42. The minimum absolute atomic E-state index is 0.545. The third-order valence-electron chi connectivity index (χ3n) is 1.38. The van der Waals surface area contributed by atoms with Crippen LogP contribution in [0.4, 0.5) is 17.2 Å². The van der Waals surface area contributed by atoms with Crippen molar-refractivity contribution in [3.63, 3.8) is 0 Å². The predicted octanol–water partition coefficient (Wildman–Crippen LogP) is -0.383. The fourth-order valence-corrected chi connectivity index (χ4v) is 0.837. The summed E-state index contributed by atoms with van der Waals surface area (Å²) in [7, 11) is 0. The van der Waals surface area contributed by atoms with Crippen LogP contribution in [-0.4, -0.2) is 18.1 Å². The van der Waals surface area contributed by atoms with Gasteiger partial charge in [-0.3, -0.25) is 0 Å². The number of aromatic nitrogens is 1. The zero-order chi connectivity index (χ0) is 8.97. The molecule has 0 bridgehead atoms. The molecule has 0 saturated carbocycles. The van der Waals surface area contributed by atoms with Gasteiger partial charge in [-0.15, -0.1) is 0 Å². The molecule has 1 aromatic rings.